The number of likely N-dealkylation sites (tertiary alicyclic amines) is 1. The SMILES string of the molecule is Cc1ncnc2c1c(NC1CCN(C)CC1)cc(=O)n2OCc1ccccc1. The molecule has 4 rings (SSSR count). The first-order chi connectivity index (χ1) is 13.6. The third kappa shape index (κ3) is 3.84. The van der Waals surface area contributed by atoms with Crippen LogP contribution in [0.3, 0.4) is 0 Å². The standard InChI is InChI=1S/C21H25N5O2/c1-15-20-18(24-17-8-10-25(2)11-9-17)12-19(27)26(21(20)23-14-22-15)28-13-16-6-4-3-5-7-16/h3-7,12,14,17,24H,8-11,13H2,1-2H3. The van der Waals surface area contributed by atoms with E-state index in [-0.39, 0.29) is 5.56 Å². The lowest BCUT2D eigenvalue weighted by Gasteiger charge is -2.30. The number of pyridine rings is 1. The van der Waals surface area contributed by atoms with E-state index in [2.05, 4.69) is 27.2 Å². The van der Waals surface area contributed by atoms with Crippen LogP contribution in [0.15, 0.2) is 47.5 Å². The highest BCUT2D eigenvalue weighted by Gasteiger charge is 2.20. The Bertz CT molecular complexity index is 1010. The quantitative estimate of drug-likeness (QED) is 0.733. The largest absolute Gasteiger partial charge is 0.404 e. The highest BCUT2D eigenvalue weighted by atomic mass is 16.7. The first-order valence-corrected chi connectivity index (χ1v) is 9.61. The summed E-state index contributed by atoms with van der Waals surface area (Å²) in [7, 11) is 2.13. The van der Waals surface area contributed by atoms with E-state index in [1.54, 1.807) is 6.07 Å². The van der Waals surface area contributed by atoms with E-state index in [4.69, 9.17) is 4.84 Å². The minimum atomic E-state index is -0.239. The molecule has 7 nitrogen and oxygen atoms in total. The van der Waals surface area contributed by atoms with E-state index in [0.717, 1.165) is 48.3 Å². The Hall–Kier alpha value is -2.93. The predicted octanol–water partition coefficient (Wildman–Crippen LogP) is 2.23. The van der Waals surface area contributed by atoms with E-state index < -0.39 is 0 Å². The Balaban J connectivity index is 1.67. The summed E-state index contributed by atoms with van der Waals surface area (Å²) in [4.78, 5) is 29.7. The second-order valence-electron chi connectivity index (χ2n) is 7.33. The van der Waals surface area contributed by atoms with Gasteiger partial charge in [-0.05, 0) is 45.5 Å². The molecule has 1 aliphatic rings. The molecule has 0 amide bonds. The molecule has 1 fully saturated rings. The summed E-state index contributed by atoms with van der Waals surface area (Å²) in [6, 6.07) is 11.7. The van der Waals surface area contributed by atoms with Crippen molar-refractivity contribution >= 4 is 16.7 Å². The molecule has 0 spiro atoms. The van der Waals surface area contributed by atoms with Gasteiger partial charge in [0.05, 0.1) is 16.8 Å². The van der Waals surface area contributed by atoms with Crippen molar-refractivity contribution in [1.29, 1.82) is 0 Å². The molecular weight excluding hydrogens is 354 g/mol. The number of nitrogens with one attached hydrogen (secondary N) is 1. The van der Waals surface area contributed by atoms with Gasteiger partial charge in [0.1, 0.15) is 12.9 Å². The number of aryl methyl sites for hydroxylation is 1. The highest BCUT2D eigenvalue weighted by molar-refractivity contribution is 5.90. The number of hydrogen-bond acceptors (Lipinski definition) is 6. The minimum Gasteiger partial charge on any atom is -0.404 e. The molecule has 7 heteroatoms. The Labute approximate surface area is 163 Å². The smallest absolute Gasteiger partial charge is 0.287 e. The van der Waals surface area contributed by atoms with Gasteiger partial charge in [0, 0.05) is 12.1 Å². The molecule has 0 radical (unpaired) electrons. The normalized spacial score (nSPS) is 15.6. The molecule has 146 valence electrons. The fraction of sp³-hybridized carbons (Fsp3) is 0.381. The zero-order chi connectivity index (χ0) is 19.5. The first kappa shape index (κ1) is 18.4. The maximum Gasteiger partial charge on any atom is 0.287 e. The molecule has 0 aliphatic carbocycles. The second kappa shape index (κ2) is 7.98. The minimum absolute atomic E-state index is 0.239. The predicted molar refractivity (Wildman–Crippen MR) is 109 cm³/mol. The van der Waals surface area contributed by atoms with Crippen molar-refractivity contribution in [2.24, 2.45) is 0 Å². The van der Waals surface area contributed by atoms with Gasteiger partial charge in [-0.15, -0.1) is 4.73 Å². The van der Waals surface area contributed by atoms with Crippen LogP contribution >= 0.6 is 0 Å². The van der Waals surface area contributed by atoms with Crippen molar-refractivity contribution < 1.29 is 4.84 Å². The summed E-state index contributed by atoms with van der Waals surface area (Å²) in [6.45, 7) is 4.31. The van der Waals surface area contributed by atoms with Gasteiger partial charge in [0.25, 0.3) is 5.56 Å². The molecule has 0 saturated carbocycles. The van der Waals surface area contributed by atoms with Crippen molar-refractivity contribution in [2.45, 2.75) is 32.4 Å². The molecule has 1 aliphatic heterocycles. The number of aromatic nitrogens is 3. The molecular formula is C21H25N5O2. The first-order valence-electron chi connectivity index (χ1n) is 9.61. The highest BCUT2D eigenvalue weighted by Crippen LogP contribution is 2.24. The molecule has 0 unspecified atom stereocenters. The summed E-state index contributed by atoms with van der Waals surface area (Å²) in [5, 5.41) is 4.38. The summed E-state index contributed by atoms with van der Waals surface area (Å²) in [5.74, 6) is 0. The summed E-state index contributed by atoms with van der Waals surface area (Å²) < 4.78 is 1.27. The maximum absolute atomic E-state index is 12.8. The third-order valence-electron chi connectivity index (χ3n) is 5.23. The number of rotatable bonds is 5. The topological polar surface area (TPSA) is 72.3 Å². The van der Waals surface area contributed by atoms with Crippen LogP contribution < -0.4 is 15.7 Å². The van der Waals surface area contributed by atoms with Gasteiger partial charge in [-0.3, -0.25) is 4.79 Å². The fourth-order valence-corrected chi connectivity index (χ4v) is 3.61. The molecule has 2 aromatic heterocycles. The number of fused-ring (bicyclic) bond motifs is 1. The van der Waals surface area contributed by atoms with Crippen molar-refractivity contribution in [3.05, 3.63) is 64.3 Å². The average Bonchev–Trinajstić information content (AvgIpc) is 2.70. The summed E-state index contributed by atoms with van der Waals surface area (Å²) in [6.07, 6.45) is 3.55. The Morgan fingerprint density at radius 2 is 1.93 bits per heavy atom. The number of piperidine rings is 1. The van der Waals surface area contributed by atoms with Crippen LogP contribution in [0, 0.1) is 6.92 Å². The molecule has 28 heavy (non-hydrogen) atoms. The lowest BCUT2D eigenvalue weighted by molar-refractivity contribution is 0.0979. The van der Waals surface area contributed by atoms with Crippen LogP contribution in [0.4, 0.5) is 5.69 Å². The van der Waals surface area contributed by atoms with Crippen LogP contribution in [-0.2, 0) is 6.61 Å². The molecule has 3 heterocycles. The average molecular weight is 379 g/mol. The van der Waals surface area contributed by atoms with Crippen molar-refractivity contribution in [3.63, 3.8) is 0 Å². The monoisotopic (exact) mass is 379 g/mol. The third-order valence-corrected chi connectivity index (χ3v) is 5.23. The fourth-order valence-electron chi connectivity index (χ4n) is 3.61. The number of benzene rings is 1. The van der Waals surface area contributed by atoms with Gasteiger partial charge in [0.2, 0.25) is 0 Å². The zero-order valence-electron chi connectivity index (χ0n) is 16.3. The maximum atomic E-state index is 12.8. The lowest BCUT2D eigenvalue weighted by atomic mass is 10.0. The molecule has 1 saturated heterocycles. The molecule has 3 aromatic rings. The van der Waals surface area contributed by atoms with Crippen LogP contribution in [0.2, 0.25) is 0 Å². The lowest BCUT2D eigenvalue weighted by Crippen LogP contribution is -2.37. The van der Waals surface area contributed by atoms with E-state index in [1.165, 1.54) is 11.1 Å². The van der Waals surface area contributed by atoms with E-state index in [0.29, 0.717) is 18.3 Å². The van der Waals surface area contributed by atoms with Gasteiger partial charge < -0.3 is 15.1 Å². The Morgan fingerprint density at radius 3 is 2.68 bits per heavy atom. The van der Waals surface area contributed by atoms with E-state index >= 15 is 0 Å². The number of anilines is 1. The molecule has 1 N–H and O–H groups in total. The number of hydrogen-bond donors (Lipinski definition) is 1. The van der Waals surface area contributed by atoms with E-state index in [1.807, 2.05) is 37.3 Å². The van der Waals surface area contributed by atoms with Crippen LogP contribution in [0.5, 0.6) is 0 Å². The van der Waals surface area contributed by atoms with Gasteiger partial charge >= 0.3 is 0 Å². The van der Waals surface area contributed by atoms with Gasteiger partial charge in [-0.2, -0.15) is 0 Å². The van der Waals surface area contributed by atoms with Gasteiger partial charge in [0.15, 0.2) is 5.65 Å². The molecule has 1 aromatic carbocycles. The van der Waals surface area contributed by atoms with Crippen LogP contribution in [0.1, 0.15) is 24.1 Å². The van der Waals surface area contributed by atoms with Crippen molar-refractivity contribution in [2.75, 3.05) is 25.5 Å². The second-order valence-corrected chi connectivity index (χ2v) is 7.33. The van der Waals surface area contributed by atoms with E-state index in [9.17, 15) is 4.79 Å². The zero-order valence-corrected chi connectivity index (χ0v) is 16.3. The van der Waals surface area contributed by atoms with Gasteiger partial charge in [-0.1, -0.05) is 30.3 Å². The van der Waals surface area contributed by atoms with Crippen molar-refractivity contribution in [1.82, 2.24) is 19.6 Å². The van der Waals surface area contributed by atoms with Crippen molar-refractivity contribution in [3.8, 4) is 0 Å². The van der Waals surface area contributed by atoms with Gasteiger partial charge in [-0.25, -0.2) is 9.97 Å². The Morgan fingerprint density at radius 1 is 1.18 bits per heavy atom. The summed E-state index contributed by atoms with van der Waals surface area (Å²) in [5.41, 5.74) is 2.84. The number of nitrogens with zero attached hydrogens (tertiary/aromatic N) is 4. The molecule has 0 bridgehead atoms. The summed E-state index contributed by atoms with van der Waals surface area (Å²) >= 11 is 0. The Kier molecular flexibility index (Phi) is 5.25. The van der Waals surface area contributed by atoms with Crippen LogP contribution in [-0.4, -0.2) is 45.8 Å². The van der Waals surface area contributed by atoms with Crippen LogP contribution in [0.25, 0.3) is 11.0 Å². The molecule has 0 atom stereocenters.